The Kier molecular flexibility index (Phi) is 5.31. The Morgan fingerprint density at radius 2 is 1.74 bits per heavy atom. The van der Waals surface area contributed by atoms with E-state index in [0.29, 0.717) is 26.1 Å². The first-order chi connectivity index (χ1) is 17.0. The van der Waals surface area contributed by atoms with Crippen LogP contribution < -0.4 is 5.32 Å². The van der Waals surface area contributed by atoms with Crippen molar-refractivity contribution in [2.75, 3.05) is 26.2 Å². The minimum absolute atomic E-state index is 0.0135. The highest BCUT2D eigenvalue weighted by Gasteiger charge is 2.57. The Balaban J connectivity index is 0.999. The van der Waals surface area contributed by atoms with E-state index in [1.54, 1.807) is 4.90 Å². The van der Waals surface area contributed by atoms with Gasteiger partial charge in [-0.15, -0.1) is 0 Å². The molecule has 2 amide bonds. The second-order valence-corrected chi connectivity index (χ2v) is 10.6. The number of hydrogen-bond acceptors (Lipinski definition) is 4. The molecule has 4 atom stereocenters. The van der Waals surface area contributed by atoms with E-state index in [1.165, 1.54) is 22.3 Å². The summed E-state index contributed by atoms with van der Waals surface area (Å²) < 4.78 is 5.59. The number of carbonyl (C=O) groups is 3. The van der Waals surface area contributed by atoms with Crippen molar-refractivity contribution in [3.63, 3.8) is 0 Å². The maximum atomic E-state index is 13.0. The highest BCUT2D eigenvalue weighted by atomic mass is 16.5. The lowest BCUT2D eigenvalue weighted by Gasteiger charge is -2.23. The van der Waals surface area contributed by atoms with Crippen LogP contribution in [0.1, 0.15) is 42.7 Å². The van der Waals surface area contributed by atoms with Gasteiger partial charge in [0.1, 0.15) is 6.61 Å². The van der Waals surface area contributed by atoms with Crippen molar-refractivity contribution in [3.05, 3.63) is 59.7 Å². The van der Waals surface area contributed by atoms with Gasteiger partial charge in [-0.3, -0.25) is 9.59 Å². The second-order valence-electron chi connectivity index (χ2n) is 10.6. The summed E-state index contributed by atoms with van der Waals surface area (Å²) in [6.45, 7) is 1.54. The van der Waals surface area contributed by atoms with Crippen LogP contribution >= 0.6 is 0 Å². The molecule has 0 spiro atoms. The van der Waals surface area contributed by atoms with Gasteiger partial charge in [0, 0.05) is 31.5 Å². The third-order valence-corrected chi connectivity index (χ3v) is 8.70. The monoisotopic (exact) mass is 474 g/mol. The molecular weight excluding hydrogens is 444 g/mol. The summed E-state index contributed by atoms with van der Waals surface area (Å²) in [6, 6.07) is 16.4. The van der Waals surface area contributed by atoms with Crippen LogP contribution in [0.4, 0.5) is 4.79 Å². The lowest BCUT2D eigenvalue weighted by molar-refractivity contribution is -0.149. The van der Waals surface area contributed by atoms with E-state index >= 15 is 0 Å². The summed E-state index contributed by atoms with van der Waals surface area (Å²) in [7, 11) is 0. The van der Waals surface area contributed by atoms with Gasteiger partial charge in [-0.25, -0.2) is 4.79 Å². The first-order valence-corrected chi connectivity index (χ1v) is 12.6. The van der Waals surface area contributed by atoms with Gasteiger partial charge in [0.2, 0.25) is 5.91 Å². The molecule has 2 aromatic rings. The van der Waals surface area contributed by atoms with Gasteiger partial charge in [0.25, 0.3) is 0 Å². The molecule has 7 nitrogen and oxygen atoms in total. The van der Waals surface area contributed by atoms with Crippen LogP contribution in [0.15, 0.2) is 48.5 Å². The fourth-order valence-corrected chi connectivity index (χ4v) is 6.68. The molecule has 0 radical (unpaired) electrons. The van der Waals surface area contributed by atoms with E-state index in [0.717, 1.165) is 19.3 Å². The quantitative estimate of drug-likeness (QED) is 0.663. The first kappa shape index (κ1) is 22.1. The Morgan fingerprint density at radius 1 is 1.06 bits per heavy atom. The van der Waals surface area contributed by atoms with E-state index in [-0.39, 0.29) is 36.2 Å². The fourth-order valence-electron chi connectivity index (χ4n) is 6.68. The number of amides is 2. The van der Waals surface area contributed by atoms with Gasteiger partial charge in [-0.2, -0.15) is 0 Å². The van der Waals surface area contributed by atoms with Crippen molar-refractivity contribution in [2.45, 2.75) is 31.6 Å². The summed E-state index contributed by atoms with van der Waals surface area (Å²) in [5.41, 5.74) is 3.96. The molecule has 2 saturated carbocycles. The molecule has 4 aliphatic rings. The van der Waals surface area contributed by atoms with Crippen molar-refractivity contribution in [3.8, 4) is 11.1 Å². The van der Waals surface area contributed by atoms with Crippen LogP contribution in [-0.2, 0) is 14.3 Å². The Bertz CT molecular complexity index is 1150. The highest BCUT2D eigenvalue weighted by molar-refractivity contribution is 5.85. The molecule has 2 aromatic carbocycles. The SMILES string of the molecule is O=C(NC[C@H]1C[C@H]1C(=O)N1C[C@@H]2CCC[C@]2(C(=O)O)C1)OCC1c2ccccc2-c2ccccc21. The van der Waals surface area contributed by atoms with Crippen molar-refractivity contribution in [1.29, 1.82) is 0 Å². The number of carboxylic acid groups (broad SMARTS) is 1. The average molecular weight is 475 g/mol. The van der Waals surface area contributed by atoms with Crippen LogP contribution in [0.3, 0.4) is 0 Å². The summed E-state index contributed by atoms with van der Waals surface area (Å²) in [5.74, 6) is -0.684. The minimum Gasteiger partial charge on any atom is -0.481 e. The lowest BCUT2D eigenvalue weighted by atomic mass is 9.81. The number of hydrogen-bond donors (Lipinski definition) is 2. The van der Waals surface area contributed by atoms with E-state index in [9.17, 15) is 19.5 Å². The van der Waals surface area contributed by atoms with Crippen LogP contribution in [0.2, 0.25) is 0 Å². The van der Waals surface area contributed by atoms with Gasteiger partial charge in [-0.05, 0) is 53.4 Å². The minimum atomic E-state index is -0.764. The zero-order valence-corrected chi connectivity index (χ0v) is 19.6. The van der Waals surface area contributed by atoms with Crippen LogP contribution in [0.25, 0.3) is 11.1 Å². The maximum absolute atomic E-state index is 13.0. The largest absolute Gasteiger partial charge is 0.481 e. The summed E-state index contributed by atoms with van der Waals surface area (Å²) >= 11 is 0. The van der Waals surface area contributed by atoms with Gasteiger partial charge in [-0.1, -0.05) is 55.0 Å². The van der Waals surface area contributed by atoms with Gasteiger partial charge >= 0.3 is 12.1 Å². The zero-order valence-electron chi connectivity index (χ0n) is 19.6. The number of likely N-dealkylation sites (tertiary alicyclic amines) is 1. The number of aliphatic carboxylic acids is 1. The number of benzene rings is 2. The molecule has 3 fully saturated rings. The highest BCUT2D eigenvalue weighted by Crippen LogP contribution is 2.51. The smallest absolute Gasteiger partial charge is 0.407 e. The van der Waals surface area contributed by atoms with Crippen LogP contribution in [0.5, 0.6) is 0 Å². The number of nitrogens with one attached hydrogen (secondary N) is 1. The molecule has 2 N–H and O–H groups in total. The summed E-state index contributed by atoms with van der Waals surface area (Å²) in [5, 5.41) is 12.6. The second kappa shape index (κ2) is 8.40. The van der Waals surface area contributed by atoms with Crippen molar-refractivity contribution < 1.29 is 24.2 Å². The van der Waals surface area contributed by atoms with E-state index in [1.807, 2.05) is 24.3 Å². The number of rotatable bonds is 6. The molecule has 7 heteroatoms. The molecule has 35 heavy (non-hydrogen) atoms. The third kappa shape index (κ3) is 3.68. The molecule has 182 valence electrons. The summed E-state index contributed by atoms with van der Waals surface area (Å²) in [6.07, 6.45) is 2.73. The van der Waals surface area contributed by atoms with Gasteiger partial charge in [0.05, 0.1) is 5.41 Å². The van der Waals surface area contributed by atoms with Crippen molar-refractivity contribution >= 4 is 18.0 Å². The average Bonchev–Trinajstić information content (AvgIpc) is 3.20. The Morgan fingerprint density at radius 3 is 2.40 bits per heavy atom. The van der Waals surface area contributed by atoms with Gasteiger partial charge < -0.3 is 20.1 Å². The summed E-state index contributed by atoms with van der Waals surface area (Å²) in [4.78, 5) is 39.1. The molecular formula is C28H30N2O5. The van der Waals surface area contributed by atoms with Gasteiger partial charge in [0.15, 0.2) is 0 Å². The maximum Gasteiger partial charge on any atom is 0.407 e. The van der Waals surface area contributed by atoms with Crippen LogP contribution in [-0.4, -0.2) is 54.2 Å². The molecule has 0 bridgehead atoms. The molecule has 0 unspecified atom stereocenters. The predicted octanol–water partition coefficient (Wildman–Crippen LogP) is 3.87. The van der Waals surface area contributed by atoms with E-state index in [2.05, 4.69) is 29.6 Å². The molecule has 1 aliphatic heterocycles. The van der Waals surface area contributed by atoms with Crippen LogP contribution in [0, 0.1) is 23.2 Å². The standard InChI is InChI=1S/C28H30N2O5/c31-25(30-14-18-6-5-11-28(18,16-30)26(32)33)23-12-17(23)13-29-27(34)35-15-24-21-9-3-1-7-19(21)20-8-2-4-10-22(20)24/h1-4,7-10,17-18,23-24H,5-6,11-16H2,(H,29,34)(H,32,33)/t17-,18+,23-,28+/m1/s1. The topological polar surface area (TPSA) is 95.9 Å². The normalized spacial score (nSPS) is 28.2. The molecule has 1 heterocycles. The Hall–Kier alpha value is -3.35. The molecule has 6 rings (SSSR count). The predicted molar refractivity (Wildman–Crippen MR) is 129 cm³/mol. The van der Waals surface area contributed by atoms with E-state index < -0.39 is 17.5 Å². The zero-order chi connectivity index (χ0) is 24.2. The van der Waals surface area contributed by atoms with Crippen molar-refractivity contribution in [2.24, 2.45) is 23.2 Å². The fraction of sp³-hybridized carbons (Fsp3) is 0.464. The van der Waals surface area contributed by atoms with Crippen molar-refractivity contribution in [1.82, 2.24) is 10.2 Å². The molecule has 1 saturated heterocycles. The number of carbonyl (C=O) groups excluding carboxylic acids is 2. The lowest BCUT2D eigenvalue weighted by Crippen LogP contribution is -2.38. The first-order valence-electron chi connectivity index (χ1n) is 12.6. The number of ether oxygens (including phenoxy) is 1. The third-order valence-electron chi connectivity index (χ3n) is 8.70. The molecule has 3 aliphatic carbocycles. The number of carboxylic acids is 1. The number of fused-ring (bicyclic) bond motifs is 4. The Labute approximate surface area is 204 Å². The molecule has 0 aromatic heterocycles. The number of alkyl carbamates (subject to hydrolysis) is 1. The van der Waals surface area contributed by atoms with E-state index in [4.69, 9.17) is 4.74 Å². The number of nitrogens with zero attached hydrogens (tertiary/aromatic N) is 1.